The van der Waals surface area contributed by atoms with E-state index in [0.717, 1.165) is 5.56 Å². The minimum absolute atomic E-state index is 0.0933. The van der Waals surface area contributed by atoms with Gasteiger partial charge in [0.2, 0.25) is 0 Å². The lowest BCUT2D eigenvalue weighted by atomic mass is 9.91. The maximum atomic E-state index is 9.11. The molecule has 1 N–H and O–H groups in total. The quantitative estimate of drug-likeness (QED) is 0.868. The van der Waals surface area contributed by atoms with E-state index >= 15 is 0 Å². The van der Waals surface area contributed by atoms with E-state index in [1.807, 2.05) is 12.1 Å². The van der Waals surface area contributed by atoms with Crippen LogP contribution >= 0.6 is 0 Å². The molecule has 94 valence electrons. The lowest BCUT2D eigenvalue weighted by Crippen LogP contribution is -1.93. The van der Waals surface area contributed by atoms with E-state index in [1.54, 1.807) is 0 Å². The monoisotopic (exact) mass is 248 g/mol. The van der Waals surface area contributed by atoms with Crippen LogP contribution in [0, 0.1) is 0 Å². The molecule has 1 aliphatic rings. The lowest BCUT2D eigenvalue weighted by molar-refractivity contribution is 0.282. The van der Waals surface area contributed by atoms with Crippen molar-refractivity contribution in [1.29, 1.82) is 0 Å². The number of hydrogen-bond acceptors (Lipinski definition) is 1. The summed E-state index contributed by atoms with van der Waals surface area (Å²) in [5, 5.41) is 9.11. The molecule has 0 aromatic heterocycles. The molecule has 0 amide bonds. The topological polar surface area (TPSA) is 20.2 Å². The third-order valence-electron chi connectivity index (χ3n) is 3.52. The van der Waals surface area contributed by atoms with Gasteiger partial charge in [-0.1, -0.05) is 72.8 Å². The molecule has 0 bridgehead atoms. The molecule has 0 aliphatic heterocycles. The van der Waals surface area contributed by atoms with Crippen molar-refractivity contribution in [2.24, 2.45) is 0 Å². The predicted molar refractivity (Wildman–Crippen MR) is 78.8 cm³/mol. The summed E-state index contributed by atoms with van der Waals surface area (Å²) in [6.45, 7) is 0.0933. The molecule has 0 heterocycles. The van der Waals surface area contributed by atoms with Crippen LogP contribution in [0.15, 0.2) is 72.8 Å². The molecule has 0 atom stereocenters. The van der Waals surface area contributed by atoms with Gasteiger partial charge in [-0.3, -0.25) is 0 Å². The number of rotatable bonds is 3. The summed E-state index contributed by atoms with van der Waals surface area (Å²) in [5.41, 5.74) is 4.72. The predicted octanol–water partition coefficient (Wildman–Crippen LogP) is 4.06. The summed E-state index contributed by atoms with van der Waals surface area (Å²) >= 11 is 0. The van der Waals surface area contributed by atoms with Crippen LogP contribution in [0.5, 0.6) is 0 Å². The van der Waals surface area contributed by atoms with Gasteiger partial charge in [0.05, 0.1) is 6.61 Å². The van der Waals surface area contributed by atoms with E-state index < -0.39 is 0 Å². The average molecular weight is 248 g/mol. The molecule has 0 radical (unpaired) electrons. The molecule has 19 heavy (non-hydrogen) atoms. The zero-order valence-corrected chi connectivity index (χ0v) is 10.7. The Labute approximate surface area is 113 Å². The summed E-state index contributed by atoms with van der Waals surface area (Å²) < 4.78 is 0. The standard InChI is InChI=1S/C18H16O/c19-13-14-9-11-16(12-10-14)18-8-4-3-7-17(18)15-5-1-2-6-15/h1-12,15,19H,13H2. The lowest BCUT2D eigenvalue weighted by Gasteiger charge is -2.13. The Hall–Kier alpha value is -2.12. The molecule has 0 saturated carbocycles. The van der Waals surface area contributed by atoms with Crippen LogP contribution in [0.2, 0.25) is 0 Å². The molecule has 2 aromatic rings. The summed E-state index contributed by atoms with van der Waals surface area (Å²) in [4.78, 5) is 0. The highest BCUT2D eigenvalue weighted by Gasteiger charge is 2.12. The minimum atomic E-state index is 0.0933. The van der Waals surface area contributed by atoms with Crippen LogP contribution in [-0.2, 0) is 6.61 Å². The van der Waals surface area contributed by atoms with Gasteiger partial charge < -0.3 is 5.11 Å². The first-order valence-electron chi connectivity index (χ1n) is 6.52. The fraction of sp³-hybridized carbons (Fsp3) is 0.111. The Bertz CT molecular complexity index is 608. The molecule has 0 saturated heterocycles. The minimum Gasteiger partial charge on any atom is -0.392 e. The van der Waals surface area contributed by atoms with Crippen LogP contribution in [0.4, 0.5) is 0 Å². The van der Waals surface area contributed by atoms with Crippen molar-refractivity contribution in [3.8, 4) is 11.1 Å². The summed E-state index contributed by atoms with van der Waals surface area (Å²) in [6.07, 6.45) is 8.61. The first-order valence-corrected chi connectivity index (χ1v) is 6.52. The maximum Gasteiger partial charge on any atom is 0.0681 e. The van der Waals surface area contributed by atoms with E-state index in [9.17, 15) is 0 Å². The molecule has 3 rings (SSSR count). The Balaban J connectivity index is 2.03. The normalized spacial score (nSPS) is 14.2. The van der Waals surface area contributed by atoms with Gasteiger partial charge in [0.25, 0.3) is 0 Å². The zero-order chi connectivity index (χ0) is 13.1. The molecule has 1 nitrogen and oxygen atoms in total. The van der Waals surface area contributed by atoms with Crippen molar-refractivity contribution < 1.29 is 5.11 Å². The smallest absolute Gasteiger partial charge is 0.0681 e. The molecule has 1 heteroatoms. The van der Waals surface area contributed by atoms with Crippen LogP contribution in [0.1, 0.15) is 17.0 Å². The van der Waals surface area contributed by atoms with E-state index in [1.165, 1.54) is 16.7 Å². The summed E-state index contributed by atoms with van der Waals surface area (Å²) in [6, 6.07) is 16.6. The Morgan fingerprint density at radius 3 is 2.21 bits per heavy atom. The molecule has 2 aromatic carbocycles. The van der Waals surface area contributed by atoms with Gasteiger partial charge in [-0.05, 0) is 22.3 Å². The number of allylic oxidation sites excluding steroid dienone is 4. The van der Waals surface area contributed by atoms with Crippen molar-refractivity contribution in [2.75, 3.05) is 0 Å². The fourth-order valence-electron chi connectivity index (χ4n) is 2.48. The van der Waals surface area contributed by atoms with Gasteiger partial charge in [-0.25, -0.2) is 0 Å². The van der Waals surface area contributed by atoms with Crippen molar-refractivity contribution in [3.05, 3.63) is 84.0 Å². The van der Waals surface area contributed by atoms with Gasteiger partial charge in [0.15, 0.2) is 0 Å². The first kappa shape index (κ1) is 11.9. The van der Waals surface area contributed by atoms with Gasteiger partial charge in [0, 0.05) is 5.92 Å². The van der Waals surface area contributed by atoms with Crippen molar-refractivity contribution in [2.45, 2.75) is 12.5 Å². The second-order valence-corrected chi connectivity index (χ2v) is 4.74. The molecule has 0 spiro atoms. The van der Waals surface area contributed by atoms with E-state index in [0.29, 0.717) is 5.92 Å². The van der Waals surface area contributed by atoms with Crippen LogP contribution in [-0.4, -0.2) is 5.11 Å². The largest absolute Gasteiger partial charge is 0.392 e. The number of benzene rings is 2. The van der Waals surface area contributed by atoms with E-state index in [-0.39, 0.29) is 6.61 Å². The Morgan fingerprint density at radius 1 is 0.842 bits per heavy atom. The molecule has 1 aliphatic carbocycles. The number of aliphatic hydroxyl groups is 1. The average Bonchev–Trinajstić information content (AvgIpc) is 3.01. The zero-order valence-electron chi connectivity index (χ0n) is 10.7. The van der Waals surface area contributed by atoms with Gasteiger partial charge in [-0.15, -0.1) is 0 Å². The highest BCUT2D eigenvalue weighted by atomic mass is 16.3. The van der Waals surface area contributed by atoms with Crippen molar-refractivity contribution in [1.82, 2.24) is 0 Å². The third kappa shape index (κ3) is 2.38. The van der Waals surface area contributed by atoms with E-state index in [2.05, 4.69) is 60.7 Å². The summed E-state index contributed by atoms with van der Waals surface area (Å²) in [7, 11) is 0. The van der Waals surface area contributed by atoms with Gasteiger partial charge in [-0.2, -0.15) is 0 Å². The van der Waals surface area contributed by atoms with Crippen LogP contribution < -0.4 is 0 Å². The Kier molecular flexibility index (Phi) is 3.30. The first-order chi connectivity index (χ1) is 9.38. The van der Waals surface area contributed by atoms with E-state index in [4.69, 9.17) is 5.11 Å². The van der Waals surface area contributed by atoms with Crippen molar-refractivity contribution in [3.63, 3.8) is 0 Å². The second kappa shape index (κ2) is 5.25. The highest BCUT2D eigenvalue weighted by molar-refractivity contribution is 5.69. The third-order valence-corrected chi connectivity index (χ3v) is 3.52. The molecule has 0 unspecified atom stereocenters. The number of hydrogen-bond donors (Lipinski definition) is 1. The Morgan fingerprint density at radius 2 is 1.53 bits per heavy atom. The fourth-order valence-corrected chi connectivity index (χ4v) is 2.48. The SMILES string of the molecule is OCc1ccc(-c2ccccc2C2C=CC=C2)cc1. The summed E-state index contributed by atoms with van der Waals surface area (Å²) in [5.74, 6) is 0.369. The van der Waals surface area contributed by atoms with Gasteiger partial charge >= 0.3 is 0 Å². The van der Waals surface area contributed by atoms with Gasteiger partial charge in [0.1, 0.15) is 0 Å². The molecule has 0 fully saturated rings. The highest BCUT2D eigenvalue weighted by Crippen LogP contribution is 2.32. The van der Waals surface area contributed by atoms with Crippen LogP contribution in [0.3, 0.4) is 0 Å². The maximum absolute atomic E-state index is 9.11. The second-order valence-electron chi connectivity index (χ2n) is 4.74. The molecular formula is C18H16O. The number of aliphatic hydroxyl groups excluding tert-OH is 1. The molecular weight excluding hydrogens is 232 g/mol. The van der Waals surface area contributed by atoms with Crippen molar-refractivity contribution >= 4 is 0 Å². The van der Waals surface area contributed by atoms with Crippen LogP contribution in [0.25, 0.3) is 11.1 Å².